The first-order chi connectivity index (χ1) is 15.0. The SMILES string of the molecule is COc1ccc(CN2CCC3(CCCCOCCCNC(=O)[C@H](C)NC3=O)CC2)cc1. The number of carbonyl (C=O) groups is 2. The van der Waals surface area contributed by atoms with Crippen LogP contribution in [0.15, 0.2) is 24.3 Å². The maximum absolute atomic E-state index is 13.3. The van der Waals surface area contributed by atoms with Crippen LogP contribution >= 0.6 is 0 Å². The number of amides is 2. The summed E-state index contributed by atoms with van der Waals surface area (Å²) >= 11 is 0. The molecule has 7 nitrogen and oxygen atoms in total. The Morgan fingerprint density at radius 1 is 1.06 bits per heavy atom. The number of likely N-dealkylation sites (tertiary alicyclic amines) is 1. The average molecular weight is 432 g/mol. The summed E-state index contributed by atoms with van der Waals surface area (Å²) in [6.07, 6.45) is 5.18. The number of ether oxygens (including phenoxy) is 2. The van der Waals surface area contributed by atoms with Crippen LogP contribution in [0.2, 0.25) is 0 Å². The highest BCUT2D eigenvalue weighted by molar-refractivity contribution is 5.89. The molecule has 2 heterocycles. The van der Waals surface area contributed by atoms with Crippen LogP contribution in [0.25, 0.3) is 0 Å². The number of carbonyl (C=O) groups excluding carboxylic acids is 2. The van der Waals surface area contributed by atoms with Crippen LogP contribution in [0.3, 0.4) is 0 Å². The van der Waals surface area contributed by atoms with Crippen molar-refractivity contribution >= 4 is 11.8 Å². The van der Waals surface area contributed by atoms with Crippen molar-refractivity contribution in [1.29, 1.82) is 0 Å². The fourth-order valence-corrected chi connectivity index (χ4v) is 4.44. The number of benzene rings is 1. The molecule has 0 aliphatic carbocycles. The van der Waals surface area contributed by atoms with Gasteiger partial charge in [0.2, 0.25) is 11.8 Å². The van der Waals surface area contributed by atoms with Gasteiger partial charge in [-0.1, -0.05) is 18.6 Å². The van der Waals surface area contributed by atoms with Crippen LogP contribution in [-0.2, 0) is 20.9 Å². The molecule has 1 atom stereocenters. The Labute approximate surface area is 185 Å². The van der Waals surface area contributed by atoms with Crippen molar-refractivity contribution in [2.24, 2.45) is 5.41 Å². The van der Waals surface area contributed by atoms with Crippen LogP contribution in [0.5, 0.6) is 5.75 Å². The minimum Gasteiger partial charge on any atom is -0.497 e. The Morgan fingerprint density at radius 2 is 1.77 bits per heavy atom. The van der Waals surface area contributed by atoms with E-state index in [9.17, 15) is 9.59 Å². The summed E-state index contributed by atoms with van der Waals surface area (Å²) < 4.78 is 10.9. The van der Waals surface area contributed by atoms with Gasteiger partial charge in [0.1, 0.15) is 11.8 Å². The van der Waals surface area contributed by atoms with E-state index >= 15 is 0 Å². The molecule has 172 valence electrons. The van der Waals surface area contributed by atoms with Crippen LogP contribution < -0.4 is 15.4 Å². The van der Waals surface area contributed by atoms with E-state index < -0.39 is 11.5 Å². The zero-order valence-electron chi connectivity index (χ0n) is 19.0. The van der Waals surface area contributed by atoms with Gasteiger partial charge in [-0.05, 0) is 69.8 Å². The molecule has 1 aromatic rings. The summed E-state index contributed by atoms with van der Waals surface area (Å²) in [5, 5.41) is 5.90. The molecule has 31 heavy (non-hydrogen) atoms. The van der Waals surface area contributed by atoms with Crippen molar-refractivity contribution in [3.63, 3.8) is 0 Å². The number of nitrogens with zero attached hydrogens (tertiary/aromatic N) is 1. The lowest BCUT2D eigenvalue weighted by Gasteiger charge is -2.41. The predicted octanol–water partition coefficient (Wildman–Crippen LogP) is 2.49. The molecule has 7 heteroatoms. The third-order valence-corrected chi connectivity index (χ3v) is 6.56. The predicted molar refractivity (Wildman–Crippen MR) is 120 cm³/mol. The molecular formula is C24H37N3O4. The molecule has 2 fully saturated rings. The molecule has 1 spiro atoms. The van der Waals surface area contributed by atoms with Crippen molar-refractivity contribution in [3.8, 4) is 5.75 Å². The second-order valence-corrected chi connectivity index (χ2v) is 8.81. The van der Waals surface area contributed by atoms with Gasteiger partial charge in [0.15, 0.2) is 0 Å². The minimum absolute atomic E-state index is 0.0252. The van der Waals surface area contributed by atoms with Crippen LogP contribution in [0.4, 0.5) is 0 Å². The van der Waals surface area contributed by atoms with E-state index in [1.165, 1.54) is 5.56 Å². The normalized spacial score (nSPS) is 24.1. The molecule has 1 aromatic carbocycles. The van der Waals surface area contributed by atoms with Crippen molar-refractivity contribution in [2.45, 2.75) is 58.0 Å². The fourth-order valence-electron chi connectivity index (χ4n) is 4.44. The van der Waals surface area contributed by atoms with Gasteiger partial charge in [-0.2, -0.15) is 0 Å². The first-order valence-electron chi connectivity index (χ1n) is 11.5. The van der Waals surface area contributed by atoms with E-state index in [2.05, 4.69) is 27.7 Å². The lowest BCUT2D eigenvalue weighted by Crippen LogP contribution is -2.53. The Bertz CT molecular complexity index is 714. The molecule has 2 amide bonds. The Kier molecular flexibility index (Phi) is 8.72. The third kappa shape index (κ3) is 6.68. The molecule has 0 aromatic heterocycles. The molecule has 2 saturated heterocycles. The summed E-state index contributed by atoms with van der Waals surface area (Å²) in [7, 11) is 1.67. The summed E-state index contributed by atoms with van der Waals surface area (Å²) in [4.78, 5) is 28.0. The molecule has 0 saturated carbocycles. The van der Waals surface area contributed by atoms with E-state index in [4.69, 9.17) is 9.47 Å². The molecule has 2 aliphatic rings. The average Bonchev–Trinajstić information content (AvgIpc) is 2.78. The fraction of sp³-hybridized carbons (Fsp3) is 0.667. The van der Waals surface area contributed by atoms with Gasteiger partial charge in [0.05, 0.1) is 12.5 Å². The van der Waals surface area contributed by atoms with Gasteiger partial charge in [0, 0.05) is 26.3 Å². The number of nitrogens with one attached hydrogen (secondary N) is 2. The zero-order chi connectivity index (χ0) is 22.1. The Hall–Kier alpha value is -2.12. The van der Waals surface area contributed by atoms with E-state index in [1.807, 2.05) is 12.1 Å². The number of methoxy groups -OCH3 is 1. The van der Waals surface area contributed by atoms with E-state index in [-0.39, 0.29) is 11.8 Å². The Balaban J connectivity index is 1.62. The van der Waals surface area contributed by atoms with E-state index in [0.29, 0.717) is 19.8 Å². The van der Waals surface area contributed by atoms with Gasteiger partial charge >= 0.3 is 0 Å². The summed E-state index contributed by atoms with van der Waals surface area (Å²) in [5.74, 6) is 0.759. The second-order valence-electron chi connectivity index (χ2n) is 8.81. The number of rotatable bonds is 3. The third-order valence-electron chi connectivity index (χ3n) is 6.56. The van der Waals surface area contributed by atoms with Gasteiger partial charge in [-0.15, -0.1) is 0 Å². The maximum Gasteiger partial charge on any atom is 0.242 e. The number of piperidine rings is 1. The Morgan fingerprint density at radius 3 is 2.48 bits per heavy atom. The number of hydrogen-bond acceptors (Lipinski definition) is 5. The highest BCUT2D eigenvalue weighted by Gasteiger charge is 2.41. The second kappa shape index (κ2) is 11.5. The van der Waals surface area contributed by atoms with Crippen LogP contribution in [-0.4, -0.2) is 62.7 Å². The molecule has 0 bridgehead atoms. The molecule has 0 unspecified atom stereocenters. The van der Waals surface area contributed by atoms with Gasteiger partial charge in [-0.3, -0.25) is 14.5 Å². The minimum atomic E-state index is -0.523. The first-order valence-corrected chi connectivity index (χ1v) is 11.5. The lowest BCUT2D eigenvalue weighted by molar-refractivity contribution is -0.138. The van der Waals surface area contributed by atoms with Gasteiger partial charge in [-0.25, -0.2) is 0 Å². The highest BCUT2D eigenvalue weighted by Crippen LogP contribution is 2.37. The topological polar surface area (TPSA) is 79.9 Å². The van der Waals surface area contributed by atoms with Crippen LogP contribution in [0, 0.1) is 5.41 Å². The monoisotopic (exact) mass is 431 g/mol. The summed E-state index contributed by atoms with van der Waals surface area (Å²) in [6, 6.07) is 7.64. The highest BCUT2D eigenvalue weighted by atomic mass is 16.5. The maximum atomic E-state index is 13.3. The van der Waals surface area contributed by atoms with Gasteiger partial charge in [0.25, 0.3) is 0 Å². The zero-order valence-corrected chi connectivity index (χ0v) is 19.0. The van der Waals surface area contributed by atoms with Crippen molar-refractivity contribution in [2.75, 3.05) is 40.0 Å². The number of hydrogen-bond donors (Lipinski definition) is 2. The standard InChI is InChI=1S/C24H37N3O4/c1-19-22(28)25-13-5-17-31-16-4-3-10-24(23(29)26-19)11-14-27(15-12-24)18-20-6-8-21(30-2)9-7-20/h6-9,19H,3-5,10-18H2,1-2H3,(H,25,28)(H,26,29)/t19-/m0/s1. The van der Waals surface area contributed by atoms with Gasteiger partial charge < -0.3 is 20.1 Å². The molecule has 2 N–H and O–H groups in total. The molecule has 2 aliphatic heterocycles. The van der Waals surface area contributed by atoms with Crippen molar-refractivity contribution in [1.82, 2.24) is 15.5 Å². The van der Waals surface area contributed by atoms with Crippen molar-refractivity contribution < 1.29 is 19.1 Å². The molecular weight excluding hydrogens is 394 g/mol. The molecule has 0 radical (unpaired) electrons. The van der Waals surface area contributed by atoms with Crippen LogP contribution in [0.1, 0.15) is 51.0 Å². The summed E-state index contributed by atoms with van der Waals surface area (Å²) in [5.41, 5.74) is 0.837. The molecule has 3 rings (SSSR count). The first kappa shape index (κ1) is 23.5. The van der Waals surface area contributed by atoms with E-state index in [0.717, 1.165) is 63.9 Å². The summed E-state index contributed by atoms with van der Waals surface area (Å²) in [6.45, 7) is 6.33. The largest absolute Gasteiger partial charge is 0.497 e. The van der Waals surface area contributed by atoms with E-state index in [1.54, 1.807) is 14.0 Å². The van der Waals surface area contributed by atoms with Crippen molar-refractivity contribution in [3.05, 3.63) is 29.8 Å². The lowest BCUT2D eigenvalue weighted by atomic mass is 9.73. The smallest absolute Gasteiger partial charge is 0.242 e. The quantitative estimate of drug-likeness (QED) is 0.769.